The van der Waals surface area contributed by atoms with Crippen LogP contribution in [0.1, 0.15) is 53.4 Å². The minimum atomic E-state index is -0.0606. The summed E-state index contributed by atoms with van der Waals surface area (Å²) in [5.74, 6) is 1.28. The van der Waals surface area contributed by atoms with Gasteiger partial charge in [0.15, 0.2) is 0 Å². The molecule has 3 unspecified atom stereocenters. The van der Waals surface area contributed by atoms with Crippen molar-refractivity contribution in [3.63, 3.8) is 0 Å². The van der Waals surface area contributed by atoms with Crippen LogP contribution in [0, 0.1) is 11.8 Å². The summed E-state index contributed by atoms with van der Waals surface area (Å²) in [6.07, 6.45) is 4.21. The van der Waals surface area contributed by atoms with E-state index in [4.69, 9.17) is 4.74 Å². The van der Waals surface area contributed by atoms with E-state index in [-0.39, 0.29) is 17.3 Å². The molecule has 2 fully saturated rings. The zero-order valence-electron chi connectivity index (χ0n) is 10.4. The van der Waals surface area contributed by atoms with Gasteiger partial charge in [-0.1, -0.05) is 0 Å². The largest absolute Gasteiger partial charge is 0.393 e. The molecule has 15 heavy (non-hydrogen) atoms. The molecule has 1 N–H and O–H groups in total. The Kier molecular flexibility index (Phi) is 2.63. The maximum atomic E-state index is 9.62. The molecule has 2 heteroatoms. The molecule has 2 aliphatic rings. The third-order valence-corrected chi connectivity index (χ3v) is 4.16. The molecule has 0 amide bonds. The first kappa shape index (κ1) is 11.4. The molecule has 1 aliphatic heterocycles. The average molecular weight is 212 g/mol. The van der Waals surface area contributed by atoms with Crippen LogP contribution in [-0.2, 0) is 4.74 Å². The SMILES string of the molecule is CC1(C)CC(C2CCC(O)C2)C(C)(C)O1. The van der Waals surface area contributed by atoms with Gasteiger partial charge in [0.25, 0.3) is 0 Å². The van der Waals surface area contributed by atoms with E-state index >= 15 is 0 Å². The summed E-state index contributed by atoms with van der Waals surface area (Å²) in [6.45, 7) is 8.77. The Labute approximate surface area is 93.0 Å². The van der Waals surface area contributed by atoms with Crippen molar-refractivity contribution in [1.29, 1.82) is 0 Å². The zero-order valence-corrected chi connectivity index (χ0v) is 10.4. The highest BCUT2D eigenvalue weighted by atomic mass is 16.5. The summed E-state index contributed by atoms with van der Waals surface area (Å²) in [5.41, 5.74) is -0.0000638. The Morgan fingerprint density at radius 1 is 1.13 bits per heavy atom. The normalized spacial score (nSPS) is 43.4. The van der Waals surface area contributed by atoms with Gasteiger partial charge in [-0.05, 0) is 65.2 Å². The van der Waals surface area contributed by atoms with Crippen molar-refractivity contribution in [3.05, 3.63) is 0 Å². The van der Waals surface area contributed by atoms with Crippen LogP contribution in [0.5, 0.6) is 0 Å². The first-order chi connectivity index (χ1) is 6.80. The number of aliphatic hydroxyl groups excluding tert-OH is 1. The van der Waals surface area contributed by atoms with Crippen molar-refractivity contribution in [2.45, 2.75) is 70.7 Å². The number of rotatable bonds is 1. The summed E-state index contributed by atoms with van der Waals surface area (Å²) in [5, 5.41) is 9.62. The predicted octanol–water partition coefficient (Wildman–Crippen LogP) is 2.74. The van der Waals surface area contributed by atoms with Gasteiger partial charge >= 0.3 is 0 Å². The molecule has 0 spiro atoms. The minimum Gasteiger partial charge on any atom is -0.393 e. The van der Waals surface area contributed by atoms with Gasteiger partial charge in [-0.3, -0.25) is 0 Å². The standard InChI is InChI=1S/C13H24O2/c1-12(2)8-11(13(3,4)15-12)9-5-6-10(14)7-9/h9-11,14H,5-8H2,1-4H3. The van der Waals surface area contributed by atoms with Crippen LogP contribution in [0.15, 0.2) is 0 Å². The highest BCUT2D eigenvalue weighted by Crippen LogP contribution is 2.49. The second kappa shape index (κ2) is 3.46. The quantitative estimate of drug-likeness (QED) is 0.724. The van der Waals surface area contributed by atoms with Crippen molar-refractivity contribution in [1.82, 2.24) is 0 Å². The molecule has 0 aromatic heterocycles. The second-order valence-electron chi connectivity index (χ2n) is 6.50. The Hall–Kier alpha value is -0.0800. The lowest BCUT2D eigenvalue weighted by molar-refractivity contribution is -0.0800. The summed E-state index contributed by atoms with van der Waals surface area (Å²) in [4.78, 5) is 0. The number of aliphatic hydroxyl groups is 1. The summed E-state index contributed by atoms with van der Waals surface area (Å²) >= 11 is 0. The smallest absolute Gasteiger partial charge is 0.0665 e. The monoisotopic (exact) mass is 212 g/mol. The van der Waals surface area contributed by atoms with Gasteiger partial charge < -0.3 is 9.84 Å². The fourth-order valence-electron chi connectivity index (χ4n) is 3.70. The Balaban J connectivity index is 2.09. The van der Waals surface area contributed by atoms with Gasteiger partial charge in [0.1, 0.15) is 0 Å². The lowest BCUT2D eigenvalue weighted by Crippen LogP contribution is -2.33. The fraction of sp³-hybridized carbons (Fsp3) is 1.00. The molecule has 1 saturated carbocycles. The summed E-state index contributed by atoms with van der Waals surface area (Å²) in [6, 6.07) is 0. The molecule has 2 rings (SSSR count). The predicted molar refractivity (Wildman–Crippen MR) is 60.7 cm³/mol. The van der Waals surface area contributed by atoms with Crippen molar-refractivity contribution >= 4 is 0 Å². The topological polar surface area (TPSA) is 29.5 Å². The van der Waals surface area contributed by atoms with E-state index in [1.165, 1.54) is 6.42 Å². The highest BCUT2D eigenvalue weighted by Gasteiger charge is 2.49. The Bertz CT molecular complexity index is 245. The molecule has 0 bridgehead atoms. The van der Waals surface area contributed by atoms with Crippen LogP contribution in [0.2, 0.25) is 0 Å². The van der Waals surface area contributed by atoms with E-state index in [1.807, 2.05) is 0 Å². The molecule has 0 radical (unpaired) electrons. The van der Waals surface area contributed by atoms with Crippen LogP contribution in [-0.4, -0.2) is 22.4 Å². The molecule has 0 aromatic carbocycles. The molecular formula is C13H24O2. The molecule has 1 heterocycles. The Morgan fingerprint density at radius 3 is 2.20 bits per heavy atom. The van der Waals surface area contributed by atoms with Gasteiger partial charge in [-0.2, -0.15) is 0 Å². The fourth-order valence-corrected chi connectivity index (χ4v) is 3.70. The van der Waals surface area contributed by atoms with Gasteiger partial charge in [0.2, 0.25) is 0 Å². The second-order valence-corrected chi connectivity index (χ2v) is 6.50. The molecule has 88 valence electrons. The van der Waals surface area contributed by atoms with Gasteiger partial charge in [-0.25, -0.2) is 0 Å². The number of ether oxygens (including phenoxy) is 1. The molecule has 1 aliphatic carbocycles. The van der Waals surface area contributed by atoms with Crippen molar-refractivity contribution in [2.75, 3.05) is 0 Å². The van der Waals surface area contributed by atoms with E-state index in [0.29, 0.717) is 11.8 Å². The van der Waals surface area contributed by atoms with E-state index in [1.54, 1.807) is 0 Å². The van der Waals surface area contributed by atoms with E-state index in [9.17, 15) is 5.11 Å². The molecule has 2 nitrogen and oxygen atoms in total. The van der Waals surface area contributed by atoms with Crippen LogP contribution < -0.4 is 0 Å². The third kappa shape index (κ3) is 2.21. The molecule has 0 aromatic rings. The van der Waals surface area contributed by atoms with E-state index in [2.05, 4.69) is 27.7 Å². The Morgan fingerprint density at radius 2 is 1.80 bits per heavy atom. The first-order valence-corrected chi connectivity index (χ1v) is 6.18. The lowest BCUT2D eigenvalue weighted by Gasteiger charge is -2.31. The van der Waals surface area contributed by atoms with E-state index < -0.39 is 0 Å². The van der Waals surface area contributed by atoms with Gasteiger partial charge in [0, 0.05) is 0 Å². The molecular weight excluding hydrogens is 188 g/mol. The lowest BCUT2D eigenvalue weighted by atomic mass is 9.77. The van der Waals surface area contributed by atoms with Crippen molar-refractivity contribution < 1.29 is 9.84 Å². The van der Waals surface area contributed by atoms with Gasteiger partial charge in [0.05, 0.1) is 17.3 Å². The van der Waals surface area contributed by atoms with Crippen molar-refractivity contribution in [2.24, 2.45) is 11.8 Å². The number of hydrogen-bond donors (Lipinski definition) is 1. The van der Waals surface area contributed by atoms with Crippen molar-refractivity contribution in [3.8, 4) is 0 Å². The maximum Gasteiger partial charge on any atom is 0.0665 e. The van der Waals surface area contributed by atoms with Gasteiger partial charge in [-0.15, -0.1) is 0 Å². The molecule has 3 atom stereocenters. The molecule has 1 saturated heterocycles. The zero-order chi connectivity index (χ0) is 11.3. The first-order valence-electron chi connectivity index (χ1n) is 6.18. The van der Waals surface area contributed by atoms with Crippen LogP contribution in [0.3, 0.4) is 0 Å². The highest BCUT2D eigenvalue weighted by molar-refractivity contribution is 4.98. The third-order valence-electron chi connectivity index (χ3n) is 4.16. The summed E-state index contributed by atoms with van der Waals surface area (Å²) < 4.78 is 6.11. The average Bonchev–Trinajstić information content (AvgIpc) is 2.52. The van der Waals surface area contributed by atoms with Crippen LogP contribution in [0.25, 0.3) is 0 Å². The minimum absolute atomic E-state index is 0.0156. The summed E-state index contributed by atoms with van der Waals surface area (Å²) in [7, 11) is 0. The van der Waals surface area contributed by atoms with Crippen LogP contribution in [0.4, 0.5) is 0 Å². The maximum absolute atomic E-state index is 9.62. The van der Waals surface area contributed by atoms with Crippen LogP contribution >= 0.6 is 0 Å². The number of hydrogen-bond acceptors (Lipinski definition) is 2. The van der Waals surface area contributed by atoms with E-state index in [0.717, 1.165) is 19.3 Å².